The largest absolute Gasteiger partial charge is 0.359 e. The first-order valence-electron chi connectivity index (χ1n) is 5.44. The molecule has 15 heavy (non-hydrogen) atoms. The minimum atomic E-state index is 0.437. The van der Waals surface area contributed by atoms with E-state index in [1.54, 1.807) is 0 Å². The molecule has 0 bridgehead atoms. The molecule has 1 unspecified atom stereocenters. The van der Waals surface area contributed by atoms with Gasteiger partial charge in [0.2, 0.25) is 0 Å². The van der Waals surface area contributed by atoms with Crippen molar-refractivity contribution in [3.8, 4) is 0 Å². The molecule has 0 radical (unpaired) electrons. The molecule has 1 aromatic carbocycles. The van der Waals surface area contributed by atoms with Crippen molar-refractivity contribution < 1.29 is 0 Å². The molecule has 1 aliphatic heterocycles. The van der Waals surface area contributed by atoms with Gasteiger partial charge in [0.25, 0.3) is 0 Å². The van der Waals surface area contributed by atoms with Gasteiger partial charge in [0, 0.05) is 25.1 Å². The highest BCUT2D eigenvalue weighted by atomic mass is 15.4. The third kappa shape index (κ3) is 1.84. The van der Waals surface area contributed by atoms with Crippen molar-refractivity contribution in [2.24, 2.45) is 5.92 Å². The fraction of sp³-hybridized carbons (Fsp3) is 0.385. The van der Waals surface area contributed by atoms with Crippen molar-refractivity contribution in [1.29, 1.82) is 0 Å². The predicted molar refractivity (Wildman–Crippen MR) is 64.5 cm³/mol. The van der Waals surface area contributed by atoms with E-state index in [2.05, 4.69) is 73.4 Å². The smallest absolute Gasteiger partial charge is 0.107 e. The summed E-state index contributed by atoms with van der Waals surface area (Å²) >= 11 is 0. The first-order valence-corrected chi connectivity index (χ1v) is 5.44. The Labute approximate surface area is 91.8 Å². The molecule has 1 aliphatic rings. The van der Waals surface area contributed by atoms with Gasteiger partial charge in [-0.15, -0.1) is 0 Å². The normalized spacial score (nSPS) is 20.4. The lowest BCUT2D eigenvalue weighted by atomic mass is 10.1. The fourth-order valence-corrected chi connectivity index (χ4v) is 2.18. The van der Waals surface area contributed by atoms with E-state index in [0.29, 0.717) is 12.1 Å². The van der Waals surface area contributed by atoms with Crippen molar-refractivity contribution >= 4 is 5.69 Å². The van der Waals surface area contributed by atoms with Crippen LogP contribution in [0.15, 0.2) is 42.7 Å². The Balaban J connectivity index is 2.26. The first-order chi connectivity index (χ1) is 7.20. The van der Waals surface area contributed by atoms with Crippen molar-refractivity contribution in [3.05, 3.63) is 42.7 Å². The second-order valence-electron chi connectivity index (χ2n) is 4.36. The van der Waals surface area contributed by atoms with E-state index in [9.17, 15) is 0 Å². The van der Waals surface area contributed by atoms with Crippen LogP contribution in [0.25, 0.3) is 0 Å². The molecular formula is C13H18N2. The van der Waals surface area contributed by atoms with Crippen LogP contribution in [0.1, 0.15) is 13.8 Å². The summed E-state index contributed by atoms with van der Waals surface area (Å²) in [6.07, 6.45) is 4.73. The number of anilines is 1. The number of para-hydroxylation sites is 1. The topological polar surface area (TPSA) is 6.48 Å². The van der Waals surface area contributed by atoms with Crippen LogP contribution in [0.2, 0.25) is 0 Å². The van der Waals surface area contributed by atoms with E-state index in [1.807, 2.05) is 0 Å². The van der Waals surface area contributed by atoms with Crippen molar-refractivity contribution in [3.63, 3.8) is 0 Å². The molecule has 2 rings (SSSR count). The maximum atomic E-state index is 2.32. The summed E-state index contributed by atoms with van der Waals surface area (Å²) in [6, 6.07) is 10.5. The molecule has 2 nitrogen and oxygen atoms in total. The van der Waals surface area contributed by atoms with Crippen LogP contribution < -0.4 is 4.90 Å². The maximum absolute atomic E-state index is 2.32. The average molecular weight is 202 g/mol. The number of hydrogen-bond acceptors (Lipinski definition) is 2. The summed E-state index contributed by atoms with van der Waals surface area (Å²) in [5.41, 5.74) is 1.26. The van der Waals surface area contributed by atoms with Crippen LogP contribution in [0.4, 0.5) is 5.69 Å². The molecule has 0 spiro atoms. The van der Waals surface area contributed by atoms with Gasteiger partial charge in [-0.2, -0.15) is 0 Å². The Morgan fingerprint density at radius 3 is 2.33 bits per heavy atom. The second kappa shape index (κ2) is 3.97. The SMILES string of the molecule is CC(C)C1N(C)C=CN1c1ccccc1. The summed E-state index contributed by atoms with van der Waals surface area (Å²) < 4.78 is 0. The van der Waals surface area contributed by atoms with E-state index in [-0.39, 0.29) is 0 Å². The van der Waals surface area contributed by atoms with E-state index >= 15 is 0 Å². The molecule has 0 aliphatic carbocycles. The van der Waals surface area contributed by atoms with E-state index in [4.69, 9.17) is 0 Å². The Morgan fingerprint density at radius 2 is 1.73 bits per heavy atom. The Hall–Kier alpha value is -1.44. The quantitative estimate of drug-likeness (QED) is 0.727. The van der Waals surface area contributed by atoms with Gasteiger partial charge in [-0.1, -0.05) is 32.0 Å². The molecule has 0 aromatic heterocycles. The van der Waals surface area contributed by atoms with Gasteiger partial charge in [0.1, 0.15) is 6.17 Å². The molecule has 0 N–H and O–H groups in total. The molecular weight excluding hydrogens is 184 g/mol. The summed E-state index contributed by atoms with van der Waals surface area (Å²) in [4.78, 5) is 4.59. The highest BCUT2D eigenvalue weighted by Crippen LogP contribution is 2.27. The van der Waals surface area contributed by atoms with Crippen molar-refractivity contribution in [2.45, 2.75) is 20.0 Å². The Morgan fingerprint density at radius 1 is 1.07 bits per heavy atom. The molecule has 1 atom stereocenters. The molecule has 1 aromatic rings. The monoisotopic (exact) mass is 202 g/mol. The van der Waals surface area contributed by atoms with Crippen LogP contribution in [0.3, 0.4) is 0 Å². The molecule has 80 valence electrons. The lowest BCUT2D eigenvalue weighted by Gasteiger charge is -2.33. The minimum absolute atomic E-state index is 0.437. The van der Waals surface area contributed by atoms with Gasteiger partial charge in [-0.3, -0.25) is 0 Å². The number of rotatable bonds is 2. The third-order valence-corrected chi connectivity index (χ3v) is 2.82. The average Bonchev–Trinajstić information content (AvgIpc) is 2.61. The molecule has 0 saturated carbocycles. The van der Waals surface area contributed by atoms with Crippen molar-refractivity contribution in [2.75, 3.05) is 11.9 Å². The van der Waals surface area contributed by atoms with E-state index in [0.717, 1.165) is 0 Å². The number of nitrogens with zero attached hydrogens (tertiary/aromatic N) is 2. The standard InChI is InChI=1S/C13H18N2/c1-11(2)13-14(3)9-10-15(13)12-7-5-4-6-8-12/h4-11,13H,1-3H3. The van der Waals surface area contributed by atoms with E-state index < -0.39 is 0 Å². The highest BCUT2D eigenvalue weighted by molar-refractivity contribution is 5.51. The summed E-state index contributed by atoms with van der Waals surface area (Å²) in [7, 11) is 2.13. The molecule has 2 heteroatoms. The first kappa shape index (κ1) is 10.1. The summed E-state index contributed by atoms with van der Waals surface area (Å²) in [6.45, 7) is 4.51. The zero-order valence-corrected chi connectivity index (χ0v) is 9.59. The molecule has 1 heterocycles. The highest BCUT2D eigenvalue weighted by Gasteiger charge is 2.27. The van der Waals surface area contributed by atoms with Gasteiger partial charge in [0.15, 0.2) is 0 Å². The zero-order chi connectivity index (χ0) is 10.8. The van der Waals surface area contributed by atoms with Gasteiger partial charge in [-0.25, -0.2) is 0 Å². The lowest BCUT2D eigenvalue weighted by Crippen LogP contribution is -2.40. The van der Waals surface area contributed by atoms with Gasteiger partial charge in [-0.05, 0) is 18.1 Å². The fourth-order valence-electron chi connectivity index (χ4n) is 2.18. The van der Waals surface area contributed by atoms with Crippen LogP contribution in [-0.4, -0.2) is 18.1 Å². The maximum Gasteiger partial charge on any atom is 0.107 e. The molecule has 0 amide bonds. The molecule has 0 fully saturated rings. The third-order valence-electron chi connectivity index (χ3n) is 2.82. The second-order valence-corrected chi connectivity index (χ2v) is 4.36. The summed E-state index contributed by atoms with van der Waals surface area (Å²) in [5.74, 6) is 0.602. The molecule has 0 saturated heterocycles. The van der Waals surface area contributed by atoms with Crippen LogP contribution in [0.5, 0.6) is 0 Å². The van der Waals surface area contributed by atoms with Gasteiger partial charge < -0.3 is 9.80 Å². The zero-order valence-electron chi connectivity index (χ0n) is 9.59. The predicted octanol–water partition coefficient (Wildman–Crippen LogP) is 2.89. The van der Waals surface area contributed by atoms with Crippen LogP contribution in [-0.2, 0) is 0 Å². The Kier molecular flexibility index (Phi) is 2.67. The Bertz CT molecular complexity index is 343. The van der Waals surface area contributed by atoms with Gasteiger partial charge in [0.05, 0.1) is 0 Å². The van der Waals surface area contributed by atoms with E-state index in [1.165, 1.54) is 5.69 Å². The minimum Gasteiger partial charge on any atom is -0.359 e. The number of hydrogen-bond donors (Lipinski definition) is 0. The summed E-state index contributed by atoms with van der Waals surface area (Å²) in [5, 5.41) is 0. The van der Waals surface area contributed by atoms with Crippen LogP contribution >= 0.6 is 0 Å². The van der Waals surface area contributed by atoms with Gasteiger partial charge >= 0.3 is 0 Å². The van der Waals surface area contributed by atoms with Crippen molar-refractivity contribution in [1.82, 2.24) is 4.90 Å². The number of benzene rings is 1. The lowest BCUT2D eigenvalue weighted by molar-refractivity contribution is 0.284. The van der Waals surface area contributed by atoms with Crippen LogP contribution in [0, 0.1) is 5.92 Å².